The summed E-state index contributed by atoms with van der Waals surface area (Å²) in [7, 11) is -1.43. The van der Waals surface area contributed by atoms with Gasteiger partial charge >= 0.3 is 5.97 Å². The van der Waals surface area contributed by atoms with E-state index >= 15 is 0 Å². The molecule has 0 aliphatic rings. The lowest BCUT2D eigenvalue weighted by Gasteiger charge is -2.20. The Morgan fingerprint density at radius 3 is 2.38 bits per heavy atom. The summed E-state index contributed by atoms with van der Waals surface area (Å²) in [6.07, 6.45) is 3.09. The van der Waals surface area contributed by atoms with Crippen LogP contribution >= 0.6 is 0 Å². The summed E-state index contributed by atoms with van der Waals surface area (Å²) in [6.45, 7) is 3.13. The lowest BCUT2D eigenvalue weighted by molar-refractivity contribution is -0.141. The summed E-state index contributed by atoms with van der Waals surface area (Å²) in [5.74, 6) is -2.18. The Morgan fingerprint density at radius 1 is 1.44 bits per heavy atom. The first-order valence-corrected chi connectivity index (χ1v) is 7.41. The summed E-state index contributed by atoms with van der Waals surface area (Å²) in [6, 6.07) is 0. The van der Waals surface area contributed by atoms with Gasteiger partial charge < -0.3 is 10.0 Å². The molecule has 0 radical (unpaired) electrons. The van der Waals surface area contributed by atoms with E-state index in [1.807, 2.05) is 11.9 Å². The minimum absolute atomic E-state index is 0.280. The van der Waals surface area contributed by atoms with Gasteiger partial charge in [-0.25, -0.2) is 8.42 Å². The molecular weight excluding hydrogens is 230 g/mol. The quantitative estimate of drug-likeness (QED) is 0.678. The van der Waals surface area contributed by atoms with Gasteiger partial charge in [0.1, 0.15) is 9.84 Å². The topological polar surface area (TPSA) is 74.7 Å². The van der Waals surface area contributed by atoms with Crippen molar-refractivity contribution in [2.75, 3.05) is 32.1 Å². The van der Waals surface area contributed by atoms with Gasteiger partial charge in [-0.05, 0) is 20.0 Å². The monoisotopic (exact) mass is 251 g/mol. The van der Waals surface area contributed by atoms with Crippen molar-refractivity contribution < 1.29 is 18.3 Å². The predicted octanol–water partition coefficient (Wildman–Crippen LogP) is 0.464. The largest absolute Gasteiger partial charge is 0.481 e. The maximum Gasteiger partial charge on any atom is 0.308 e. The number of nitrogens with zero attached hydrogens (tertiary/aromatic N) is 1. The van der Waals surface area contributed by atoms with Gasteiger partial charge in [-0.3, -0.25) is 4.79 Å². The smallest absolute Gasteiger partial charge is 0.308 e. The zero-order valence-electron chi connectivity index (χ0n) is 10.1. The van der Waals surface area contributed by atoms with E-state index in [1.165, 1.54) is 0 Å². The Hall–Kier alpha value is -0.620. The fraction of sp³-hybridized carbons (Fsp3) is 0.900. The first-order valence-electron chi connectivity index (χ1n) is 5.35. The molecule has 1 N–H and O–H groups in total. The molecule has 1 atom stereocenters. The van der Waals surface area contributed by atoms with Crippen molar-refractivity contribution in [3.05, 3.63) is 0 Å². The molecule has 0 aromatic heterocycles. The van der Waals surface area contributed by atoms with Crippen molar-refractivity contribution in [1.29, 1.82) is 0 Å². The second-order valence-corrected chi connectivity index (χ2v) is 6.43. The second-order valence-electron chi connectivity index (χ2n) is 4.24. The highest BCUT2D eigenvalue weighted by Gasteiger charge is 2.23. The van der Waals surface area contributed by atoms with Gasteiger partial charge in [-0.1, -0.05) is 13.3 Å². The summed E-state index contributed by atoms with van der Waals surface area (Å²) < 4.78 is 22.1. The molecular formula is C10H21NO4S. The molecule has 0 heterocycles. The fourth-order valence-electron chi connectivity index (χ4n) is 1.46. The number of carboxylic acids is 1. The fourth-order valence-corrected chi connectivity index (χ4v) is 2.44. The minimum Gasteiger partial charge on any atom is -0.481 e. The molecule has 6 heteroatoms. The lowest BCUT2D eigenvalue weighted by Crippen LogP contribution is -2.35. The highest BCUT2D eigenvalue weighted by atomic mass is 32.2. The first kappa shape index (κ1) is 15.4. The molecule has 0 saturated carbocycles. The molecule has 0 bridgehead atoms. The summed E-state index contributed by atoms with van der Waals surface area (Å²) >= 11 is 0. The third kappa shape index (κ3) is 7.64. The van der Waals surface area contributed by atoms with Crippen LogP contribution in [0.4, 0.5) is 0 Å². The van der Waals surface area contributed by atoms with Gasteiger partial charge in [0.05, 0.1) is 11.7 Å². The van der Waals surface area contributed by atoms with Crippen LogP contribution in [0.2, 0.25) is 0 Å². The molecule has 0 amide bonds. The molecule has 0 fully saturated rings. The van der Waals surface area contributed by atoms with Gasteiger partial charge in [0.15, 0.2) is 0 Å². The van der Waals surface area contributed by atoms with Crippen LogP contribution in [0.3, 0.4) is 0 Å². The van der Waals surface area contributed by atoms with Crippen LogP contribution in [0.5, 0.6) is 0 Å². The number of hydrogen-bond donors (Lipinski definition) is 1. The van der Waals surface area contributed by atoms with Gasteiger partial charge in [-0.2, -0.15) is 0 Å². The van der Waals surface area contributed by atoms with Crippen molar-refractivity contribution in [3.63, 3.8) is 0 Å². The number of aliphatic carboxylic acids is 1. The number of carbonyl (C=O) groups is 1. The van der Waals surface area contributed by atoms with E-state index < -0.39 is 21.7 Å². The van der Waals surface area contributed by atoms with Crippen molar-refractivity contribution in [2.45, 2.75) is 19.8 Å². The van der Waals surface area contributed by atoms with E-state index in [2.05, 4.69) is 6.92 Å². The maximum atomic E-state index is 11.1. The Morgan fingerprint density at radius 2 is 2.00 bits per heavy atom. The van der Waals surface area contributed by atoms with Gasteiger partial charge in [0, 0.05) is 12.8 Å². The Balaban J connectivity index is 4.29. The minimum atomic E-state index is -3.24. The summed E-state index contributed by atoms with van der Waals surface area (Å²) in [5, 5.41) is 8.92. The van der Waals surface area contributed by atoms with E-state index in [0.29, 0.717) is 0 Å². The summed E-state index contributed by atoms with van der Waals surface area (Å²) in [4.78, 5) is 12.8. The molecule has 16 heavy (non-hydrogen) atoms. The van der Waals surface area contributed by atoms with Crippen LogP contribution in [0.25, 0.3) is 0 Å². The molecule has 96 valence electrons. The number of sulfone groups is 1. The van der Waals surface area contributed by atoms with Crippen LogP contribution in [0, 0.1) is 5.92 Å². The van der Waals surface area contributed by atoms with Gasteiger partial charge in [0.25, 0.3) is 0 Å². The third-order valence-electron chi connectivity index (χ3n) is 2.28. The molecule has 1 unspecified atom stereocenters. The van der Waals surface area contributed by atoms with E-state index in [9.17, 15) is 13.2 Å². The molecule has 0 saturated heterocycles. The molecule has 0 aliphatic carbocycles. The SMILES string of the molecule is CCCCN(C)CC(CS(C)(=O)=O)C(=O)O. The number of carboxylic acid groups (broad SMARTS) is 1. The molecule has 5 nitrogen and oxygen atoms in total. The lowest BCUT2D eigenvalue weighted by atomic mass is 10.1. The Kier molecular flexibility index (Phi) is 6.59. The second kappa shape index (κ2) is 6.85. The van der Waals surface area contributed by atoms with Crippen molar-refractivity contribution in [2.24, 2.45) is 5.92 Å². The van der Waals surface area contributed by atoms with Crippen LogP contribution in [0.1, 0.15) is 19.8 Å². The average Bonchev–Trinajstić information content (AvgIpc) is 2.11. The van der Waals surface area contributed by atoms with Crippen LogP contribution < -0.4 is 0 Å². The predicted molar refractivity (Wildman–Crippen MR) is 63.2 cm³/mol. The van der Waals surface area contributed by atoms with E-state index in [-0.39, 0.29) is 12.3 Å². The molecule has 0 aromatic carbocycles. The standard InChI is InChI=1S/C10H21NO4S/c1-4-5-6-11(2)7-9(10(12)13)8-16(3,14)15/h9H,4-8H2,1-3H3,(H,12,13). The van der Waals surface area contributed by atoms with E-state index in [4.69, 9.17) is 5.11 Å². The number of rotatable bonds is 8. The molecule has 0 aliphatic heterocycles. The molecule has 0 aromatic rings. The zero-order valence-corrected chi connectivity index (χ0v) is 11.0. The number of unbranched alkanes of at least 4 members (excludes halogenated alkanes) is 1. The van der Waals surface area contributed by atoms with E-state index in [0.717, 1.165) is 25.6 Å². The highest BCUT2D eigenvalue weighted by Crippen LogP contribution is 2.05. The van der Waals surface area contributed by atoms with Crippen molar-refractivity contribution in [3.8, 4) is 0 Å². The van der Waals surface area contributed by atoms with Gasteiger partial charge in [-0.15, -0.1) is 0 Å². The van der Waals surface area contributed by atoms with E-state index in [1.54, 1.807) is 0 Å². The average molecular weight is 251 g/mol. The first-order chi connectivity index (χ1) is 7.26. The van der Waals surface area contributed by atoms with Crippen LogP contribution in [-0.4, -0.2) is 56.5 Å². The summed E-state index contributed by atoms with van der Waals surface area (Å²) in [5.41, 5.74) is 0. The Labute approximate surface area is 97.4 Å². The molecule has 0 spiro atoms. The highest BCUT2D eigenvalue weighted by molar-refractivity contribution is 7.90. The zero-order chi connectivity index (χ0) is 12.8. The Bertz CT molecular complexity index is 313. The number of hydrogen-bond acceptors (Lipinski definition) is 4. The van der Waals surface area contributed by atoms with Crippen LogP contribution in [0.15, 0.2) is 0 Å². The third-order valence-corrected chi connectivity index (χ3v) is 3.29. The van der Waals surface area contributed by atoms with Crippen molar-refractivity contribution >= 4 is 15.8 Å². The maximum absolute atomic E-state index is 11.1. The normalized spacial score (nSPS) is 14.0. The molecule has 0 rings (SSSR count). The van der Waals surface area contributed by atoms with Gasteiger partial charge in [0.2, 0.25) is 0 Å². The van der Waals surface area contributed by atoms with Crippen LogP contribution in [-0.2, 0) is 14.6 Å². The van der Waals surface area contributed by atoms with Crippen molar-refractivity contribution in [1.82, 2.24) is 4.90 Å².